The van der Waals surface area contributed by atoms with Gasteiger partial charge in [0.2, 0.25) is 0 Å². The van der Waals surface area contributed by atoms with Crippen LogP contribution in [-0.2, 0) is 9.53 Å². The third-order valence-corrected chi connectivity index (χ3v) is 3.16. The van der Waals surface area contributed by atoms with Gasteiger partial charge < -0.3 is 15.0 Å². The number of esters is 1. The van der Waals surface area contributed by atoms with Crippen molar-refractivity contribution in [2.75, 3.05) is 26.7 Å². The Hall–Kier alpha value is -0.610. The van der Waals surface area contributed by atoms with Gasteiger partial charge in [0.15, 0.2) is 0 Å². The molecule has 0 spiro atoms. The van der Waals surface area contributed by atoms with Crippen LogP contribution in [0.1, 0.15) is 19.3 Å². The van der Waals surface area contributed by atoms with Crippen LogP contribution in [0.4, 0.5) is 0 Å². The molecule has 2 aliphatic rings. The highest BCUT2D eigenvalue weighted by atomic mass is 16.5. The Morgan fingerprint density at radius 2 is 2.29 bits per heavy atom. The third-order valence-electron chi connectivity index (χ3n) is 3.16. The lowest BCUT2D eigenvalue weighted by Crippen LogP contribution is -2.47. The molecule has 4 nitrogen and oxygen atoms in total. The van der Waals surface area contributed by atoms with E-state index in [1.807, 2.05) is 0 Å². The lowest BCUT2D eigenvalue weighted by Gasteiger charge is -2.29. The number of nitrogens with zero attached hydrogens (tertiary/aromatic N) is 1. The summed E-state index contributed by atoms with van der Waals surface area (Å²) in [5.74, 6) is -0.112. The molecule has 2 rings (SSSR count). The SMILES string of the molecule is COC(=O)C1CCN2CCCC(C2)N1. The monoisotopic (exact) mass is 198 g/mol. The van der Waals surface area contributed by atoms with Crippen LogP contribution in [0.25, 0.3) is 0 Å². The van der Waals surface area contributed by atoms with Gasteiger partial charge in [-0.05, 0) is 25.8 Å². The van der Waals surface area contributed by atoms with Crippen molar-refractivity contribution in [3.63, 3.8) is 0 Å². The number of nitrogens with one attached hydrogen (secondary N) is 1. The van der Waals surface area contributed by atoms with Crippen LogP contribution in [-0.4, -0.2) is 49.7 Å². The molecule has 80 valence electrons. The molecule has 0 radical (unpaired) electrons. The summed E-state index contributed by atoms with van der Waals surface area (Å²) in [5, 5.41) is 3.38. The van der Waals surface area contributed by atoms with E-state index in [1.54, 1.807) is 0 Å². The molecule has 0 saturated carbocycles. The molecule has 14 heavy (non-hydrogen) atoms. The highest BCUT2D eigenvalue weighted by Crippen LogP contribution is 2.16. The number of carbonyl (C=O) groups excluding carboxylic acids is 1. The van der Waals surface area contributed by atoms with Gasteiger partial charge in [0.1, 0.15) is 6.04 Å². The van der Waals surface area contributed by atoms with Gasteiger partial charge in [0.25, 0.3) is 0 Å². The minimum atomic E-state index is -0.112. The number of ether oxygens (including phenoxy) is 1. The van der Waals surface area contributed by atoms with Crippen LogP contribution in [0.15, 0.2) is 0 Å². The fourth-order valence-corrected chi connectivity index (χ4v) is 2.40. The topological polar surface area (TPSA) is 41.6 Å². The van der Waals surface area contributed by atoms with E-state index in [0.29, 0.717) is 6.04 Å². The van der Waals surface area contributed by atoms with Crippen LogP contribution >= 0.6 is 0 Å². The molecule has 4 heteroatoms. The van der Waals surface area contributed by atoms with Crippen molar-refractivity contribution < 1.29 is 9.53 Å². The van der Waals surface area contributed by atoms with Gasteiger partial charge in [-0.1, -0.05) is 0 Å². The van der Waals surface area contributed by atoms with Gasteiger partial charge >= 0.3 is 5.97 Å². The van der Waals surface area contributed by atoms with Crippen molar-refractivity contribution in [3.05, 3.63) is 0 Å². The predicted molar refractivity (Wildman–Crippen MR) is 53.0 cm³/mol. The first kappa shape index (κ1) is 9.93. The van der Waals surface area contributed by atoms with Crippen molar-refractivity contribution in [2.45, 2.75) is 31.3 Å². The fraction of sp³-hybridized carbons (Fsp3) is 0.900. The van der Waals surface area contributed by atoms with E-state index in [2.05, 4.69) is 10.2 Å². The lowest BCUT2D eigenvalue weighted by molar-refractivity contribution is -0.143. The summed E-state index contributed by atoms with van der Waals surface area (Å²) in [6, 6.07) is 0.392. The van der Waals surface area contributed by atoms with E-state index >= 15 is 0 Å². The number of rotatable bonds is 1. The Labute approximate surface area is 84.6 Å². The molecule has 2 aliphatic heterocycles. The summed E-state index contributed by atoms with van der Waals surface area (Å²) in [4.78, 5) is 13.8. The Bertz CT molecular complexity index is 220. The summed E-state index contributed by atoms with van der Waals surface area (Å²) in [6.07, 6.45) is 3.30. The zero-order valence-electron chi connectivity index (χ0n) is 8.66. The van der Waals surface area contributed by atoms with Gasteiger partial charge in [0.05, 0.1) is 7.11 Å². The number of hydrogen-bond acceptors (Lipinski definition) is 4. The number of methoxy groups -OCH3 is 1. The number of fused-ring (bicyclic) bond motifs is 2. The fourth-order valence-electron chi connectivity index (χ4n) is 2.40. The number of hydrogen-bond donors (Lipinski definition) is 1. The summed E-state index contributed by atoms with van der Waals surface area (Å²) in [5.41, 5.74) is 0. The van der Waals surface area contributed by atoms with Crippen molar-refractivity contribution in [2.24, 2.45) is 0 Å². The van der Waals surface area contributed by atoms with Gasteiger partial charge in [-0.2, -0.15) is 0 Å². The molecule has 0 aliphatic carbocycles. The lowest BCUT2D eigenvalue weighted by atomic mass is 10.1. The van der Waals surface area contributed by atoms with E-state index in [4.69, 9.17) is 4.74 Å². The van der Waals surface area contributed by atoms with Crippen molar-refractivity contribution in [1.29, 1.82) is 0 Å². The van der Waals surface area contributed by atoms with Crippen molar-refractivity contribution >= 4 is 5.97 Å². The smallest absolute Gasteiger partial charge is 0.322 e. The van der Waals surface area contributed by atoms with Crippen molar-refractivity contribution in [3.8, 4) is 0 Å². The summed E-state index contributed by atoms with van der Waals surface area (Å²) in [7, 11) is 1.46. The molecule has 2 bridgehead atoms. The molecule has 2 saturated heterocycles. The Balaban J connectivity index is 1.98. The van der Waals surface area contributed by atoms with E-state index in [-0.39, 0.29) is 12.0 Å². The maximum atomic E-state index is 11.4. The minimum absolute atomic E-state index is 0.0897. The Morgan fingerprint density at radius 1 is 1.43 bits per heavy atom. The maximum absolute atomic E-state index is 11.4. The standard InChI is InChI=1S/C10H18N2O2/c1-14-10(13)9-4-6-12-5-2-3-8(7-12)11-9/h8-9,11H,2-7H2,1H3. The predicted octanol–water partition coefficient (Wildman–Crippen LogP) is -0.0143. The normalized spacial score (nSPS) is 37.4. The average molecular weight is 198 g/mol. The first-order chi connectivity index (χ1) is 6.79. The molecular weight excluding hydrogens is 180 g/mol. The molecule has 2 fully saturated rings. The first-order valence-corrected chi connectivity index (χ1v) is 5.36. The van der Waals surface area contributed by atoms with Crippen LogP contribution in [0.3, 0.4) is 0 Å². The number of carbonyl (C=O) groups is 1. The van der Waals surface area contributed by atoms with Gasteiger partial charge in [-0.3, -0.25) is 4.79 Å². The highest BCUT2D eigenvalue weighted by molar-refractivity contribution is 5.75. The largest absolute Gasteiger partial charge is 0.468 e. The van der Waals surface area contributed by atoms with Gasteiger partial charge in [-0.25, -0.2) is 0 Å². The summed E-state index contributed by atoms with van der Waals surface area (Å²) >= 11 is 0. The van der Waals surface area contributed by atoms with Crippen molar-refractivity contribution in [1.82, 2.24) is 10.2 Å². The second-order valence-corrected chi connectivity index (χ2v) is 4.17. The molecule has 0 aromatic rings. The Kier molecular flexibility index (Phi) is 3.03. The van der Waals surface area contributed by atoms with Crippen LogP contribution < -0.4 is 5.32 Å². The third kappa shape index (κ3) is 2.07. The van der Waals surface area contributed by atoms with Crippen LogP contribution in [0.2, 0.25) is 0 Å². The van der Waals surface area contributed by atoms with Crippen LogP contribution in [0, 0.1) is 0 Å². The second kappa shape index (κ2) is 4.28. The van der Waals surface area contributed by atoms with Crippen LogP contribution in [0.5, 0.6) is 0 Å². The van der Waals surface area contributed by atoms with Gasteiger partial charge in [0, 0.05) is 19.1 Å². The van der Waals surface area contributed by atoms with E-state index in [1.165, 1.54) is 26.5 Å². The molecule has 0 aromatic heterocycles. The quantitative estimate of drug-likeness (QED) is 0.602. The molecule has 0 aromatic carbocycles. The van der Waals surface area contributed by atoms with Gasteiger partial charge in [-0.15, -0.1) is 0 Å². The molecule has 0 amide bonds. The molecular formula is C10H18N2O2. The highest BCUT2D eigenvalue weighted by Gasteiger charge is 2.30. The van der Waals surface area contributed by atoms with E-state index < -0.39 is 0 Å². The maximum Gasteiger partial charge on any atom is 0.322 e. The van der Waals surface area contributed by atoms with E-state index in [0.717, 1.165) is 19.5 Å². The Morgan fingerprint density at radius 3 is 3.07 bits per heavy atom. The average Bonchev–Trinajstić information content (AvgIpc) is 2.36. The summed E-state index contributed by atoms with van der Waals surface area (Å²) < 4.78 is 4.77. The number of piperidine rings is 1. The first-order valence-electron chi connectivity index (χ1n) is 5.36. The minimum Gasteiger partial charge on any atom is -0.468 e. The zero-order chi connectivity index (χ0) is 9.97. The zero-order valence-corrected chi connectivity index (χ0v) is 8.66. The van der Waals surface area contributed by atoms with E-state index in [9.17, 15) is 4.79 Å². The molecule has 2 heterocycles. The molecule has 1 N–H and O–H groups in total. The summed E-state index contributed by atoms with van der Waals surface area (Å²) in [6.45, 7) is 3.29. The molecule has 3 atom stereocenters. The second-order valence-electron chi connectivity index (χ2n) is 4.17. The molecule has 3 unspecified atom stereocenters.